The summed E-state index contributed by atoms with van der Waals surface area (Å²) in [5, 5.41) is 17.6. The number of thiazole rings is 1. The number of nitriles is 1. The molecule has 0 aliphatic rings. The summed E-state index contributed by atoms with van der Waals surface area (Å²) in [5.41, 5.74) is -0.0354. The molecule has 0 aliphatic carbocycles. The van der Waals surface area contributed by atoms with Gasteiger partial charge in [0.15, 0.2) is 5.57 Å². The molecule has 2 amide bonds. The number of nitrogens with zero attached hydrogens (tertiary/aromatic N) is 2. The molecule has 9 nitrogen and oxygen atoms in total. The number of benzene rings is 1. The summed E-state index contributed by atoms with van der Waals surface area (Å²) in [4.78, 5) is 37.0. The van der Waals surface area contributed by atoms with E-state index in [2.05, 4.69) is 21.9 Å². The summed E-state index contributed by atoms with van der Waals surface area (Å²) in [5.74, 6) is 1.63. The van der Waals surface area contributed by atoms with Crippen LogP contribution in [-0.2, 0) is 16.1 Å². The average molecular weight is 468 g/mol. The van der Waals surface area contributed by atoms with Crippen LogP contribution < -0.4 is 30.7 Å². The molecule has 0 saturated heterocycles. The Morgan fingerprint density at radius 3 is 2.61 bits per heavy atom. The highest BCUT2D eigenvalue weighted by atomic mass is 32.1. The Bertz CT molecular complexity index is 1300. The molecule has 2 aromatic rings. The molecule has 0 fully saturated rings. The minimum atomic E-state index is -0.640. The number of ether oxygens (including phenoxy) is 1. The van der Waals surface area contributed by atoms with Crippen LogP contribution in [0.3, 0.4) is 0 Å². The quantitative estimate of drug-likeness (QED) is 0.554. The van der Waals surface area contributed by atoms with E-state index in [1.54, 1.807) is 52.0 Å². The largest absolute Gasteiger partial charge is 0.444 e. The van der Waals surface area contributed by atoms with Gasteiger partial charge in [-0.05, 0) is 45.9 Å². The molecule has 2 rings (SSSR count). The van der Waals surface area contributed by atoms with Gasteiger partial charge in [-0.2, -0.15) is 5.26 Å². The van der Waals surface area contributed by atoms with E-state index in [0.29, 0.717) is 15.9 Å². The summed E-state index contributed by atoms with van der Waals surface area (Å²) in [6.45, 7) is 7.31. The van der Waals surface area contributed by atoms with Crippen LogP contribution in [-0.4, -0.2) is 28.7 Å². The zero-order valence-electron chi connectivity index (χ0n) is 18.8. The van der Waals surface area contributed by atoms with E-state index in [-0.39, 0.29) is 28.9 Å². The molecule has 0 spiro atoms. The number of nitrogens with one attached hydrogen (secondary N) is 3. The topological polar surface area (TPSA) is 125 Å². The second-order valence-corrected chi connectivity index (χ2v) is 8.72. The van der Waals surface area contributed by atoms with Crippen LogP contribution in [0.4, 0.5) is 16.2 Å². The van der Waals surface area contributed by atoms with Crippen molar-refractivity contribution in [2.45, 2.75) is 39.8 Å². The Hall–Kier alpha value is -4.02. The number of aromatic nitrogens is 1. The molecule has 1 aromatic heterocycles. The van der Waals surface area contributed by atoms with Gasteiger partial charge in [0.1, 0.15) is 20.9 Å². The van der Waals surface area contributed by atoms with Gasteiger partial charge in [0.25, 0.3) is 11.5 Å². The second-order valence-electron chi connectivity index (χ2n) is 7.69. The third-order valence-electron chi connectivity index (χ3n) is 4.01. The van der Waals surface area contributed by atoms with Gasteiger partial charge in [0.2, 0.25) is 0 Å². The number of hydrogen-bond acceptors (Lipinski definition) is 7. The molecule has 0 saturated carbocycles. The third-order valence-corrected chi connectivity index (χ3v) is 5.14. The van der Waals surface area contributed by atoms with Crippen molar-refractivity contribution >= 4 is 46.5 Å². The first-order valence-electron chi connectivity index (χ1n) is 10.0. The highest BCUT2D eigenvalue weighted by molar-refractivity contribution is 7.07. The van der Waals surface area contributed by atoms with Crippen molar-refractivity contribution in [3.05, 3.63) is 43.8 Å². The molecule has 0 aliphatic heterocycles. The van der Waals surface area contributed by atoms with Crippen molar-refractivity contribution < 1.29 is 14.3 Å². The summed E-state index contributed by atoms with van der Waals surface area (Å²) in [6, 6.07) is 8.71. The van der Waals surface area contributed by atoms with Gasteiger partial charge in [-0.3, -0.25) is 19.5 Å². The van der Waals surface area contributed by atoms with Crippen molar-refractivity contribution in [2.24, 2.45) is 0 Å². The van der Waals surface area contributed by atoms with Crippen molar-refractivity contribution in [2.75, 3.05) is 17.2 Å². The monoisotopic (exact) mass is 467 g/mol. The first-order valence-corrected chi connectivity index (χ1v) is 10.8. The van der Waals surface area contributed by atoms with E-state index >= 15 is 0 Å². The third kappa shape index (κ3) is 6.99. The van der Waals surface area contributed by atoms with Gasteiger partial charge in [-0.25, -0.2) is 4.79 Å². The molecule has 0 unspecified atom stereocenters. The van der Waals surface area contributed by atoms with Crippen LogP contribution in [0.2, 0.25) is 0 Å². The first kappa shape index (κ1) is 25.2. The fourth-order valence-electron chi connectivity index (χ4n) is 2.67. The summed E-state index contributed by atoms with van der Waals surface area (Å²) in [7, 11) is 0. The Morgan fingerprint density at radius 2 is 2.00 bits per heavy atom. The SMILES string of the molecule is C#CCNC(=O)C(C#N)=c1sc(=CNc2cccc(NC(=O)OC(C)(C)C)c2)c(=O)n1CC. The maximum atomic E-state index is 12.8. The number of carbonyl (C=O) groups is 2. The van der Waals surface area contributed by atoms with E-state index in [4.69, 9.17) is 11.2 Å². The Morgan fingerprint density at radius 1 is 1.30 bits per heavy atom. The molecule has 0 atom stereocenters. The highest BCUT2D eigenvalue weighted by Crippen LogP contribution is 2.16. The molecule has 10 heteroatoms. The number of hydrogen-bond donors (Lipinski definition) is 3. The number of carbonyl (C=O) groups excluding carboxylic acids is 2. The number of rotatable bonds is 6. The minimum Gasteiger partial charge on any atom is -0.444 e. The van der Waals surface area contributed by atoms with Crippen LogP contribution in [0.25, 0.3) is 11.8 Å². The highest BCUT2D eigenvalue weighted by Gasteiger charge is 2.16. The molecule has 172 valence electrons. The fourth-order valence-corrected chi connectivity index (χ4v) is 3.75. The molecule has 0 bridgehead atoms. The number of anilines is 2. The Kier molecular flexibility index (Phi) is 8.43. The molecule has 1 aromatic carbocycles. The van der Waals surface area contributed by atoms with Gasteiger partial charge in [-0.1, -0.05) is 12.0 Å². The van der Waals surface area contributed by atoms with Crippen molar-refractivity contribution in [1.29, 1.82) is 5.26 Å². The molecule has 33 heavy (non-hydrogen) atoms. The van der Waals surface area contributed by atoms with Crippen molar-refractivity contribution in [3.8, 4) is 18.4 Å². The number of terminal acetylenes is 1. The lowest BCUT2D eigenvalue weighted by Gasteiger charge is -2.19. The van der Waals surface area contributed by atoms with E-state index in [1.807, 2.05) is 6.07 Å². The van der Waals surface area contributed by atoms with Gasteiger partial charge >= 0.3 is 6.09 Å². The zero-order valence-corrected chi connectivity index (χ0v) is 19.6. The lowest BCUT2D eigenvalue weighted by Crippen LogP contribution is -2.34. The molecule has 0 radical (unpaired) electrons. The summed E-state index contributed by atoms with van der Waals surface area (Å²) >= 11 is 1.02. The normalized spacial score (nSPS) is 12.2. The second kappa shape index (κ2) is 11.0. The smallest absolute Gasteiger partial charge is 0.412 e. The van der Waals surface area contributed by atoms with Crippen LogP contribution in [0.1, 0.15) is 27.7 Å². The maximum Gasteiger partial charge on any atom is 0.412 e. The Labute approximate surface area is 195 Å². The van der Waals surface area contributed by atoms with E-state index < -0.39 is 17.6 Å². The molecule has 3 N–H and O–H groups in total. The van der Waals surface area contributed by atoms with E-state index in [1.165, 1.54) is 10.8 Å². The minimum absolute atomic E-state index is 0.0278. The molecular weight excluding hydrogens is 442 g/mol. The molecular formula is C23H25N5O4S. The first-order chi connectivity index (χ1) is 15.6. The van der Waals surface area contributed by atoms with Gasteiger partial charge in [-0.15, -0.1) is 17.8 Å². The Balaban J connectivity index is 2.37. The lowest BCUT2D eigenvalue weighted by molar-refractivity contribution is -0.115. The van der Waals surface area contributed by atoms with Crippen LogP contribution >= 0.6 is 11.3 Å². The van der Waals surface area contributed by atoms with Gasteiger partial charge < -0.3 is 15.4 Å². The summed E-state index contributed by atoms with van der Waals surface area (Å²) in [6.07, 6.45) is 6.05. The van der Waals surface area contributed by atoms with Gasteiger partial charge in [0, 0.05) is 24.1 Å². The van der Waals surface area contributed by atoms with Crippen molar-refractivity contribution in [3.63, 3.8) is 0 Å². The van der Waals surface area contributed by atoms with E-state index in [0.717, 1.165) is 11.3 Å². The predicted octanol–water partition coefficient (Wildman–Crippen LogP) is 1.55. The van der Waals surface area contributed by atoms with E-state index in [9.17, 15) is 19.6 Å². The molecule has 1 heterocycles. The fraction of sp³-hybridized carbons (Fsp3) is 0.304. The van der Waals surface area contributed by atoms with Crippen LogP contribution in [0.15, 0.2) is 29.1 Å². The van der Waals surface area contributed by atoms with Gasteiger partial charge in [0.05, 0.1) is 6.54 Å². The average Bonchev–Trinajstić information content (AvgIpc) is 3.05. The van der Waals surface area contributed by atoms with Crippen molar-refractivity contribution in [1.82, 2.24) is 9.88 Å². The predicted molar refractivity (Wildman–Crippen MR) is 129 cm³/mol. The maximum absolute atomic E-state index is 12.8. The number of amides is 2. The lowest BCUT2D eigenvalue weighted by atomic mass is 10.2. The van der Waals surface area contributed by atoms with Crippen LogP contribution in [0, 0.1) is 23.7 Å². The zero-order chi connectivity index (χ0) is 24.6. The standard InChI is InChI=1S/C23H25N5O4S/c1-6-11-25-19(29)17(13-24)21-28(7-2)20(30)18(33-21)14-26-15-9-8-10-16(12-15)27-22(31)32-23(3,4)5/h1,8-10,12,14,26H,7,11H2,2-5H3,(H,25,29)(H,27,31). The van der Waals surface area contributed by atoms with Crippen LogP contribution in [0.5, 0.6) is 0 Å². The summed E-state index contributed by atoms with van der Waals surface area (Å²) < 4.78 is 7.14.